The minimum absolute atomic E-state index is 0.187. The van der Waals surface area contributed by atoms with Crippen LogP contribution in [0.4, 0.5) is 14.6 Å². The Morgan fingerprint density at radius 2 is 2.00 bits per heavy atom. The zero-order chi connectivity index (χ0) is 21.4. The van der Waals surface area contributed by atoms with E-state index in [0.717, 1.165) is 19.5 Å². The van der Waals surface area contributed by atoms with Gasteiger partial charge in [-0.05, 0) is 24.5 Å². The molecule has 4 heterocycles. The molecule has 0 radical (unpaired) electrons. The van der Waals surface area contributed by atoms with Crippen LogP contribution in [0.15, 0.2) is 53.4 Å². The van der Waals surface area contributed by atoms with Gasteiger partial charge in [0.2, 0.25) is 0 Å². The van der Waals surface area contributed by atoms with Crippen LogP contribution in [0.25, 0.3) is 22.9 Å². The van der Waals surface area contributed by atoms with Gasteiger partial charge in [0.25, 0.3) is 0 Å². The summed E-state index contributed by atoms with van der Waals surface area (Å²) in [4.78, 5) is 10.5. The number of benzene rings is 1. The number of nitrogens with zero attached hydrogens (tertiary/aromatic N) is 6. The van der Waals surface area contributed by atoms with Crippen molar-refractivity contribution in [3.05, 3.63) is 66.1 Å². The van der Waals surface area contributed by atoms with Crippen molar-refractivity contribution < 1.29 is 13.3 Å². The Hall–Kier alpha value is -3.62. The summed E-state index contributed by atoms with van der Waals surface area (Å²) in [5.74, 6) is 0.278. The van der Waals surface area contributed by atoms with E-state index in [9.17, 15) is 8.78 Å². The molecule has 0 saturated carbocycles. The normalized spacial score (nSPS) is 16.2. The van der Waals surface area contributed by atoms with Crippen LogP contribution in [0.5, 0.6) is 0 Å². The van der Waals surface area contributed by atoms with E-state index in [1.54, 1.807) is 35.0 Å². The van der Waals surface area contributed by atoms with Crippen molar-refractivity contribution in [1.29, 1.82) is 0 Å². The summed E-state index contributed by atoms with van der Waals surface area (Å²) in [6.45, 7) is 3.82. The highest BCUT2D eigenvalue weighted by Crippen LogP contribution is 2.28. The topological polar surface area (TPSA) is 72.9 Å². The highest BCUT2D eigenvalue weighted by molar-refractivity contribution is 5.63. The summed E-state index contributed by atoms with van der Waals surface area (Å²) in [5.41, 5.74) is 2.10. The maximum Gasteiger partial charge on any atom is 0.183 e. The molecular weight excluding hydrogens is 402 g/mol. The van der Waals surface area contributed by atoms with Crippen LogP contribution in [-0.2, 0) is 6.54 Å². The number of rotatable bonds is 5. The predicted octanol–water partition coefficient (Wildman–Crippen LogP) is 4.17. The van der Waals surface area contributed by atoms with Gasteiger partial charge in [0.15, 0.2) is 17.5 Å². The molecule has 3 aromatic heterocycles. The molecular formula is C22H20F2N6O. The molecule has 158 valence electrons. The first-order valence-corrected chi connectivity index (χ1v) is 10.1. The van der Waals surface area contributed by atoms with Crippen LogP contribution in [0.1, 0.15) is 18.9 Å². The molecule has 0 bridgehead atoms. The number of hydrogen-bond acceptors (Lipinski definition) is 6. The lowest BCUT2D eigenvalue weighted by atomic mass is 10.2. The lowest BCUT2D eigenvalue weighted by Crippen LogP contribution is -2.22. The summed E-state index contributed by atoms with van der Waals surface area (Å²) in [5, 5.41) is 8.57. The van der Waals surface area contributed by atoms with E-state index >= 15 is 0 Å². The van der Waals surface area contributed by atoms with Crippen molar-refractivity contribution in [3.8, 4) is 22.9 Å². The van der Waals surface area contributed by atoms with Crippen LogP contribution in [0, 0.1) is 17.6 Å². The first-order chi connectivity index (χ1) is 15.1. The molecule has 31 heavy (non-hydrogen) atoms. The van der Waals surface area contributed by atoms with Crippen molar-refractivity contribution in [1.82, 2.24) is 24.9 Å². The largest absolute Gasteiger partial charge is 0.364 e. The van der Waals surface area contributed by atoms with Gasteiger partial charge in [0.05, 0.1) is 18.4 Å². The van der Waals surface area contributed by atoms with E-state index < -0.39 is 5.82 Å². The second kappa shape index (κ2) is 7.90. The molecule has 4 aromatic rings. The van der Waals surface area contributed by atoms with Crippen molar-refractivity contribution in [3.63, 3.8) is 0 Å². The molecule has 0 amide bonds. The maximum atomic E-state index is 14.4. The fraction of sp³-hybridized carbons (Fsp3) is 0.273. The summed E-state index contributed by atoms with van der Waals surface area (Å²) >= 11 is 0. The Bertz CT molecular complexity index is 1210. The SMILES string of the molecule is CC1CCN(c2nc(-c3cc(-c4ccon4)n(Cc4ccccc4F)n3)ncc2F)C1. The molecule has 1 atom stereocenters. The second-order valence-electron chi connectivity index (χ2n) is 7.75. The molecule has 7 nitrogen and oxygen atoms in total. The van der Waals surface area contributed by atoms with Crippen molar-refractivity contribution >= 4 is 5.82 Å². The smallest absolute Gasteiger partial charge is 0.183 e. The molecule has 1 aliphatic rings. The Labute approximate surface area is 177 Å². The van der Waals surface area contributed by atoms with Gasteiger partial charge in [-0.15, -0.1) is 0 Å². The summed E-state index contributed by atoms with van der Waals surface area (Å²) < 4.78 is 35.3. The highest BCUT2D eigenvalue weighted by Gasteiger charge is 2.24. The highest BCUT2D eigenvalue weighted by atomic mass is 19.1. The van der Waals surface area contributed by atoms with Gasteiger partial charge in [0.1, 0.15) is 23.5 Å². The Kier molecular flexibility index (Phi) is 4.93. The molecule has 9 heteroatoms. The van der Waals surface area contributed by atoms with E-state index in [0.29, 0.717) is 34.4 Å². The quantitative estimate of drug-likeness (QED) is 0.481. The monoisotopic (exact) mass is 422 g/mol. The first kappa shape index (κ1) is 19.3. The Morgan fingerprint density at radius 3 is 2.74 bits per heavy atom. The maximum absolute atomic E-state index is 14.4. The lowest BCUT2D eigenvalue weighted by molar-refractivity contribution is 0.421. The van der Waals surface area contributed by atoms with E-state index in [1.807, 2.05) is 4.90 Å². The number of halogens is 2. The summed E-state index contributed by atoms with van der Waals surface area (Å²) in [7, 11) is 0. The number of aromatic nitrogens is 5. The second-order valence-corrected chi connectivity index (χ2v) is 7.75. The van der Waals surface area contributed by atoms with E-state index in [1.165, 1.54) is 18.5 Å². The molecule has 1 saturated heterocycles. The number of anilines is 1. The molecule has 0 spiro atoms. The third kappa shape index (κ3) is 3.78. The van der Waals surface area contributed by atoms with Gasteiger partial charge in [-0.3, -0.25) is 4.68 Å². The first-order valence-electron chi connectivity index (χ1n) is 10.1. The van der Waals surface area contributed by atoms with Crippen LogP contribution in [-0.4, -0.2) is 38.0 Å². The van der Waals surface area contributed by atoms with E-state index in [4.69, 9.17) is 4.52 Å². The fourth-order valence-corrected chi connectivity index (χ4v) is 3.82. The van der Waals surface area contributed by atoms with Gasteiger partial charge in [-0.25, -0.2) is 18.7 Å². The molecule has 1 fully saturated rings. The average Bonchev–Trinajstić information content (AvgIpc) is 3.51. The van der Waals surface area contributed by atoms with E-state index in [-0.39, 0.29) is 18.2 Å². The Balaban J connectivity index is 1.55. The lowest BCUT2D eigenvalue weighted by Gasteiger charge is -2.17. The fourth-order valence-electron chi connectivity index (χ4n) is 3.82. The van der Waals surface area contributed by atoms with Gasteiger partial charge >= 0.3 is 0 Å². The number of hydrogen-bond donors (Lipinski definition) is 0. The zero-order valence-electron chi connectivity index (χ0n) is 16.9. The summed E-state index contributed by atoms with van der Waals surface area (Å²) in [6.07, 6.45) is 3.62. The minimum atomic E-state index is -0.458. The van der Waals surface area contributed by atoms with Crippen LogP contribution < -0.4 is 4.90 Å². The molecule has 0 N–H and O–H groups in total. The van der Waals surface area contributed by atoms with E-state index in [2.05, 4.69) is 27.1 Å². The third-order valence-corrected chi connectivity index (χ3v) is 5.44. The standard InChI is InChI=1S/C22H20F2N6O/c1-14-6-8-29(12-14)22-17(24)11-25-21(26-22)19-10-20(18-7-9-31-28-18)30(27-19)13-15-4-2-3-5-16(15)23/h2-5,7,9-11,14H,6,8,12-13H2,1H3. The summed E-state index contributed by atoms with van der Waals surface area (Å²) in [6, 6.07) is 9.96. The van der Waals surface area contributed by atoms with Gasteiger partial charge in [0, 0.05) is 24.7 Å². The molecule has 1 aromatic carbocycles. The molecule has 1 unspecified atom stereocenters. The van der Waals surface area contributed by atoms with Crippen LogP contribution in [0.3, 0.4) is 0 Å². The van der Waals surface area contributed by atoms with Gasteiger partial charge in [-0.2, -0.15) is 5.10 Å². The molecule has 5 rings (SSSR count). The van der Waals surface area contributed by atoms with Crippen molar-refractivity contribution in [2.45, 2.75) is 19.9 Å². The zero-order valence-corrected chi connectivity index (χ0v) is 16.9. The predicted molar refractivity (Wildman–Crippen MR) is 110 cm³/mol. The third-order valence-electron chi connectivity index (χ3n) is 5.44. The minimum Gasteiger partial charge on any atom is -0.364 e. The van der Waals surface area contributed by atoms with Crippen molar-refractivity contribution in [2.75, 3.05) is 18.0 Å². The van der Waals surface area contributed by atoms with Crippen molar-refractivity contribution in [2.24, 2.45) is 5.92 Å². The van der Waals surface area contributed by atoms with Gasteiger partial charge < -0.3 is 9.42 Å². The van der Waals surface area contributed by atoms with Crippen LogP contribution >= 0.6 is 0 Å². The molecule has 1 aliphatic heterocycles. The van der Waals surface area contributed by atoms with Gasteiger partial charge in [-0.1, -0.05) is 30.3 Å². The van der Waals surface area contributed by atoms with Crippen LogP contribution in [0.2, 0.25) is 0 Å². The Morgan fingerprint density at radius 1 is 1.13 bits per heavy atom. The molecule has 0 aliphatic carbocycles. The average molecular weight is 422 g/mol.